The molecule has 1 aliphatic heterocycles. The largest absolute Gasteiger partial charge is 0.480 e. The average molecular weight is 387 g/mol. The Hall–Kier alpha value is -2.52. The molecule has 0 fully saturated rings. The van der Waals surface area contributed by atoms with Crippen molar-refractivity contribution in [3.05, 3.63) is 36.8 Å². The molecule has 2 aromatic rings. The van der Waals surface area contributed by atoms with E-state index in [-0.39, 0.29) is 27.6 Å². The van der Waals surface area contributed by atoms with Gasteiger partial charge in [-0.25, -0.2) is 0 Å². The molecule has 3 rings (SSSR count). The number of halogens is 2. The van der Waals surface area contributed by atoms with Crippen LogP contribution in [0.3, 0.4) is 0 Å². The molecule has 1 aromatic heterocycles. The lowest BCUT2D eigenvalue weighted by molar-refractivity contribution is -0.146. The summed E-state index contributed by atoms with van der Waals surface area (Å²) in [5, 5.41) is 12.3. The number of nitrogens with one attached hydrogen (secondary N) is 2. The molecule has 0 spiro atoms. The van der Waals surface area contributed by atoms with E-state index in [1.807, 2.05) is 0 Å². The Bertz CT molecular complexity index is 1030. The first kappa shape index (κ1) is 17.3. The minimum atomic E-state index is -1.25. The van der Waals surface area contributed by atoms with Gasteiger partial charge >= 0.3 is 17.1 Å². The number of hydrogen-bond acceptors (Lipinski definition) is 5. The number of rotatable bonds is 3. The number of carbonyl (C=O) groups excluding carboxylic acids is 1. The standard InChI is InChI=1S/C14H12Cl2N4O5/c1-5(21)19(4-9(22)23)8-3-17-11-10(16)6(15)2-7-12(11)20(8)14(25)13(24)18-7/h2,8,17H,3-4H2,1H3,(H,18,24)(H,22,23). The molecule has 0 bridgehead atoms. The Morgan fingerprint density at radius 1 is 1.40 bits per heavy atom. The van der Waals surface area contributed by atoms with Crippen LogP contribution >= 0.6 is 23.2 Å². The second-order valence-electron chi connectivity index (χ2n) is 5.47. The quantitative estimate of drug-likeness (QED) is 0.671. The van der Waals surface area contributed by atoms with E-state index in [1.165, 1.54) is 13.0 Å². The summed E-state index contributed by atoms with van der Waals surface area (Å²) in [6, 6.07) is 1.39. The van der Waals surface area contributed by atoms with E-state index < -0.39 is 35.7 Å². The normalized spacial score (nSPS) is 15.7. The Morgan fingerprint density at radius 2 is 2.08 bits per heavy atom. The van der Waals surface area contributed by atoms with Crippen LogP contribution in [0.2, 0.25) is 10.0 Å². The Labute approximate surface area is 149 Å². The van der Waals surface area contributed by atoms with Crippen molar-refractivity contribution in [3.8, 4) is 0 Å². The maximum Gasteiger partial charge on any atom is 0.323 e. The molecule has 0 radical (unpaired) electrons. The molecular weight excluding hydrogens is 375 g/mol. The van der Waals surface area contributed by atoms with E-state index in [1.54, 1.807) is 0 Å². The van der Waals surface area contributed by atoms with Crippen LogP contribution in [0.4, 0.5) is 5.69 Å². The van der Waals surface area contributed by atoms with E-state index in [0.717, 1.165) is 9.47 Å². The van der Waals surface area contributed by atoms with Crippen LogP contribution in [-0.2, 0) is 9.59 Å². The molecule has 11 heteroatoms. The topological polar surface area (TPSA) is 124 Å². The van der Waals surface area contributed by atoms with Crippen LogP contribution < -0.4 is 16.4 Å². The van der Waals surface area contributed by atoms with Crippen molar-refractivity contribution in [2.75, 3.05) is 18.4 Å². The first-order valence-electron chi connectivity index (χ1n) is 7.11. The van der Waals surface area contributed by atoms with Gasteiger partial charge in [0.1, 0.15) is 12.7 Å². The number of carbonyl (C=O) groups is 2. The molecule has 2 heterocycles. The molecule has 3 N–H and O–H groups in total. The molecule has 0 saturated carbocycles. The highest BCUT2D eigenvalue weighted by molar-refractivity contribution is 6.45. The number of carboxylic acid groups (broad SMARTS) is 1. The van der Waals surface area contributed by atoms with Crippen LogP contribution in [-0.4, -0.2) is 44.5 Å². The maximum absolute atomic E-state index is 12.4. The number of amides is 1. The lowest BCUT2D eigenvalue weighted by atomic mass is 10.1. The zero-order valence-corrected chi connectivity index (χ0v) is 14.3. The summed E-state index contributed by atoms with van der Waals surface area (Å²) in [4.78, 5) is 50.8. The van der Waals surface area contributed by atoms with E-state index in [4.69, 9.17) is 28.3 Å². The summed E-state index contributed by atoms with van der Waals surface area (Å²) < 4.78 is 1.08. The summed E-state index contributed by atoms with van der Waals surface area (Å²) in [7, 11) is 0. The molecule has 25 heavy (non-hydrogen) atoms. The second kappa shape index (κ2) is 6.08. The first-order valence-corrected chi connectivity index (χ1v) is 7.87. The smallest absolute Gasteiger partial charge is 0.323 e. The van der Waals surface area contributed by atoms with Gasteiger partial charge in [-0.05, 0) is 6.07 Å². The predicted octanol–water partition coefficient (Wildman–Crippen LogP) is 0.854. The van der Waals surface area contributed by atoms with Crippen LogP contribution in [0.1, 0.15) is 13.1 Å². The minimum Gasteiger partial charge on any atom is -0.480 e. The van der Waals surface area contributed by atoms with E-state index in [9.17, 15) is 19.2 Å². The van der Waals surface area contributed by atoms with Crippen LogP contribution in [0.15, 0.2) is 15.7 Å². The number of aliphatic carboxylic acids is 1. The van der Waals surface area contributed by atoms with Gasteiger partial charge in [0.2, 0.25) is 5.91 Å². The van der Waals surface area contributed by atoms with Crippen molar-refractivity contribution in [3.63, 3.8) is 0 Å². The van der Waals surface area contributed by atoms with Gasteiger partial charge < -0.3 is 20.3 Å². The number of aromatic nitrogens is 2. The molecular formula is C14H12Cl2N4O5. The van der Waals surface area contributed by atoms with Gasteiger partial charge in [0.05, 0.1) is 33.3 Å². The monoisotopic (exact) mass is 386 g/mol. The number of anilines is 1. The highest BCUT2D eigenvalue weighted by Crippen LogP contribution is 2.39. The fourth-order valence-corrected chi connectivity index (χ4v) is 3.32. The number of benzene rings is 1. The summed E-state index contributed by atoms with van der Waals surface area (Å²) in [6.45, 7) is 0.542. The van der Waals surface area contributed by atoms with Gasteiger partial charge in [-0.15, -0.1) is 0 Å². The lowest BCUT2D eigenvalue weighted by Crippen LogP contribution is -2.51. The molecule has 0 saturated heterocycles. The third-order valence-electron chi connectivity index (χ3n) is 3.92. The van der Waals surface area contributed by atoms with Gasteiger partial charge in [-0.3, -0.25) is 23.7 Å². The zero-order chi connectivity index (χ0) is 18.5. The number of carboxylic acids is 1. The van der Waals surface area contributed by atoms with Gasteiger partial charge in [-0.1, -0.05) is 23.2 Å². The molecule has 9 nitrogen and oxygen atoms in total. The van der Waals surface area contributed by atoms with E-state index in [0.29, 0.717) is 5.69 Å². The number of H-pyrrole nitrogens is 1. The molecule has 1 aliphatic rings. The minimum absolute atomic E-state index is 0.0155. The fourth-order valence-electron chi connectivity index (χ4n) is 2.90. The van der Waals surface area contributed by atoms with Crippen LogP contribution in [0, 0.1) is 0 Å². The second-order valence-corrected chi connectivity index (χ2v) is 6.26. The highest BCUT2D eigenvalue weighted by atomic mass is 35.5. The van der Waals surface area contributed by atoms with Gasteiger partial charge in [0.15, 0.2) is 0 Å². The molecule has 0 aliphatic carbocycles. The molecule has 1 aromatic carbocycles. The Kier molecular flexibility index (Phi) is 4.21. The summed E-state index contributed by atoms with van der Waals surface area (Å²) in [5.74, 6) is -1.80. The Morgan fingerprint density at radius 3 is 2.68 bits per heavy atom. The van der Waals surface area contributed by atoms with Gasteiger partial charge in [0, 0.05) is 6.92 Å². The van der Waals surface area contributed by atoms with Crippen LogP contribution in [0.5, 0.6) is 0 Å². The average Bonchev–Trinajstić information content (AvgIpc) is 2.54. The number of aromatic amines is 1. The van der Waals surface area contributed by atoms with Crippen molar-refractivity contribution >= 4 is 51.8 Å². The lowest BCUT2D eigenvalue weighted by Gasteiger charge is -2.36. The third-order valence-corrected chi connectivity index (χ3v) is 4.71. The van der Waals surface area contributed by atoms with Crippen molar-refractivity contribution in [1.82, 2.24) is 14.5 Å². The first-order chi connectivity index (χ1) is 11.7. The van der Waals surface area contributed by atoms with E-state index >= 15 is 0 Å². The SMILES string of the molecule is CC(=O)N(CC(=O)O)C1CNc2c(Cl)c(Cl)cc3[nH]c(=O)c(=O)n1c23. The Balaban J connectivity index is 2.36. The summed E-state index contributed by atoms with van der Waals surface area (Å²) in [6.07, 6.45) is -1.00. The predicted molar refractivity (Wildman–Crippen MR) is 91.4 cm³/mol. The number of nitrogens with zero attached hydrogens (tertiary/aromatic N) is 2. The molecule has 1 amide bonds. The highest BCUT2D eigenvalue weighted by Gasteiger charge is 2.32. The van der Waals surface area contributed by atoms with Crippen molar-refractivity contribution in [2.24, 2.45) is 0 Å². The fraction of sp³-hybridized carbons (Fsp3) is 0.286. The summed E-state index contributed by atoms with van der Waals surface area (Å²) >= 11 is 12.2. The van der Waals surface area contributed by atoms with Crippen LogP contribution in [0.25, 0.3) is 11.0 Å². The molecule has 1 atom stereocenters. The van der Waals surface area contributed by atoms with Crippen molar-refractivity contribution in [1.29, 1.82) is 0 Å². The zero-order valence-electron chi connectivity index (χ0n) is 12.8. The van der Waals surface area contributed by atoms with Gasteiger partial charge in [-0.2, -0.15) is 0 Å². The van der Waals surface area contributed by atoms with Crippen molar-refractivity contribution in [2.45, 2.75) is 13.1 Å². The molecule has 132 valence electrons. The summed E-state index contributed by atoms with van der Waals surface area (Å²) in [5.41, 5.74) is -1.03. The maximum atomic E-state index is 12.4. The number of hydrogen-bond donors (Lipinski definition) is 3. The van der Waals surface area contributed by atoms with Gasteiger partial charge in [0.25, 0.3) is 0 Å². The van der Waals surface area contributed by atoms with Crippen molar-refractivity contribution < 1.29 is 14.7 Å². The third kappa shape index (κ3) is 2.75. The molecule has 1 unspecified atom stereocenters. The van der Waals surface area contributed by atoms with E-state index in [2.05, 4.69) is 10.3 Å².